The third kappa shape index (κ3) is 2.63. The molecule has 3 rings (SSSR count). The van der Waals surface area contributed by atoms with Crippen molar-refractivity contribution in [1.82, 2.24) is 0 Å². The van der Waals surface area contributed by atoms with E-state index >= 15 is 0 Å². The Balaban J connectivity index is 1.67. The third-order valence-corrected chi connectivity index (χ3v) is 4.29. The highest BCUT2D eigenvalue weighted by Crippen LogP contribution is 2.25. The highest BCUT2D eigenvalue weighted by molar-refractivity contribution is 5.56. The van der Waals surface area contributed by atoms with Crippen molar-refractivity contribution < 1.29 is 0 Å². The zero-order valence-corrected chi connectivity index (χ0v) is 11.3. The molecule has 0 amide bonds. The van der Waals surface area contributed by atoms with Crippen molar-refractivity contribution in [2.45, 2.75) is 38.5 Å². The van der Waals surface area contributed by atoms with Crippen molar-refractivity contribution in [2.75, 3.05) is 36.0 Å². The van der Waals surface area contributed by atoms with Gasteiger partial charge in [0.2, 0.25) is 0 Å². The van der Waals surface area contributed by atoms with Crippen LogP contribution < -0.4 is 9.80 Å². The maximum atomic E-state index is 2.53. The van der Waals surface area contributed by atoms with Gasteiger partial charge in [0, 0.05) is 37.6 Å². The average Bonchev–Trinajstić information content (AvgIpc) is 2.49. The fourth-order valence-electron chi connectivity index (χ4n) is 3.18. The van der Waals surface area contributed by atoms with Crippen LogP contribution in [0.3, 0.4) is 0 Å². The van der Waals surface area contributed by atoms with Gasteiger partial charge in [-0.05, 0) is 62.8 Å². The Kier molecular flexibility index (Phi) is 3.72. The van der Waals surface area contributed by atoms with Crippen molar-refractivity contribution in [3.05, 3.63) is 24.3 Å². The normalized spacial score (nSPS) is 21.1. The van der Waals surface area contributed by atoms with Crippen LogP contribution in [0.5, 0.6) is 0 Å². The molecular formula is C16H24N2. The molecule has 0 aromatic heterocycles. The highest BCUT2D eigenvalue weighted by Gasteiger charge is 2.13. The summed E-state index contributed by atoms with van der Waals surface area (Å²) in [5.41, 5.74) is 2.82. The van der Waals surface area contributed by atoms with Crippen LogP contribution in [0.25, 0.3) is 0 Å². The summed E-state index contributed by atoms with van der Waals surface area (Å²) in [5.74, 6) is 0. The van der Waals surface area contributed by atoms with Crippen LogP contribution in [0, 0.1) is 0 Å². The van der Waals surface area contributed by atoms with E-state index in [1.54, 1.807) is 0 Å². The summed E-state index contributed by atoms with van der Waals surface area (Å²) in [5, 5.41) is 0. The second-order valence-corrected chi connectivity index (χ2v) is 5.61. The SMILES string of the molecule is c1cc(N2CCCCC2)ccc1N1CCCCC1. The van der Waals surface area contributed by atoms with Crippen LogP contribution in [-0.2, 0) is 0 Å². The third-order valence-electron chi connectivity index (χ3n) is 4.29. The Morgan fingerprint density at radius 3 is 1.17 bits per heavy atom. The predicted molar refractivity (Wildman–Crippen MR) is 78.6 cm³/mol. The van der Waals surface area contributed by atoms with Gasteiger partial charge in [-0.1, -0.05) is 0 Å². The minimum atomic E-state index is 1.24. The van der Waals surface area contributed by atoms with Crippen molar-refractivity contribution >= 4 is 11.4 Å². The quantitative estimate of drug-likeness (QED) is 0.783. The number of rotatable bonds is 2. The largest absolute Gasteiger partial charge is 0.372 e. The first kappa shape index (κ1) is 11.9. The standard InChI is InChI=1S/C16H24N2/c1-3-11-17(12-4-1)15-7-9-16(10-8-15)18-13-5-2-6-14-18/h7-10H,1-6,11-14H2. The molecule has 2 aliphatic heterocycles. The molecule has 0 unspecified atom stereocenters. The van der Waals surface area contributed by atoms with E-state index in [1.165, 1.54) is 76.1 Å². The number of piperidine rings is 2. The molecule has 0 saturated carbocycles. The van der Waals surface area contributed by atoms with Crippen LogP contribution in [0.1, 0.15) is 38.5 Å². The summed E-state index contributed by atoms with van der Waals surface area (Å²) in [6.07, 6.45) is 8.23. The molecule has 0 N–H and O–H groups in total. The second kappa shape index (κ2) is 5.64. The number of nitrogens with zero attached hydrogens (tertiary/aromatic N) is 2. The van der Waals surface area contributed by atoms with Crippen molar-refractivity contribution in [3.63, 3.8) is 0 Å². The molecule has 98 valence electrons. The molecule has 18 heavy (non-hydrogen) atoms. The van der Waals surface area contributed by atoms with Crippen LogP contribution in [0.4, 0.5) is 11.4 Å². The summed E-state index contributed by atoms with van der Waals surface area (Å²) in [4.78, 5) is 5.06. The number of hydrogen-bond acceptors (Lipinski definition) is 2. The fourth-order valence-corrected chi connectivity index (χ4v) is 3.18. The lowest BCUT2D eigenvalue weighted by atomic mass is 10.1. The molecule has 2 saturated heterocycles. The van der Waals surface area contributed by atoms with Crippen LogP contribution in [0.2, 0.25) is 0 Å². The van der Waals surface area contributed by atoms with E-state index in [2.05, 4.69) is 34.1 Å². The molecule has 0 atom stereocenters. The maximum absolute atomic E-state index is 2.53. The van der Waals surface area contributed by atoms with E-state index in [9.17, 15) is 0 Å². The summed E-state index contributed by atoms with van der Waals surface area (Å²) in [6.45, 7) is 4.96. The Morgan fingerprint density at radius 2 is 0.833 bits per heavy atom. The number of hydrogen-bond donors (Lipinski definition) is 0. The first-order valence-electron chi connectivity index (χ1n) is 7.53. The zero-order chi connectivity index (χ0) is 12.2. The monoisotopic (exact) mass is 244 g/mol. The first-order chi connectivity index (χ1) is 8.93. The molecule has 2 fully saturated rings. The molecule has 2 aliphatic rings. The lowest BCUT2D eigenvalue weighted by Gasteiger charge is -2.31. The average molecular weight is 244 g/mol. The number of anilines is 2. The Labute approximate surface area is 111 Å². The molecule has 2 heteroatoms. The first-order valence-corrected chi connectivity index (χ1v) is 7.53. The van der Waals surface area contributed by atoms with E-state index < -0.39 is 0 Å². The zero-order valence-electron chi connectivity index (χ0n) is 11.3. The van der Waals surface area contributed by atoms with Crippen molar-refractivity contribution in [2.24, 2.45) is 0 Å². The van der Waals surface area contributed by atoms with Gasteiger partial charge in [0.1, 0.15) is 0 Å². The summed E-state index contributed by atoms with van der Waals surface area (Å²) in [7, 11) is 0. The topological polar surface area (TPSA) is 6.48 Å². The van der Waals surface area contributed by atoms with E-state index in [-0.39, 0.29) is 0 Å². The van der Waals surface area contributed by atoms with Crippen LogP contribution >= 0.6 is 0 Å². The molecular weight excluding hydrogens is 220 g/mol. The van der Waals surface area contributed by atoms with E-state index in [4.69, 9.17) is 0 Å². The highest BCUT2D eigenvalue weighted by atomic mass is 15.1. The molecule has 1 aromatic carbocycles. The van der Waals surface area contributed by atoms with Gasteiger partial charge >= 0.3 is 0 Å². The van der Waals surface area contributed by atoms with Gasteiger partial charge in [-0.15, -0.1) is 0 Å². The smallest absolute Gasteiger partial charge is 0.0367 e. The molecule has 0 bridgehead atoms. The van der Waals surface area contributed by atoms with Gasteiger partial charge in [0.15, 0.2) is 0 Å². The Bertz CT molecular complexity index is 322. The lowest BCUT2D eigenvalue weighted by molar-refractivity contribution is 0.575. The maximum Gasteiger partial charge on any atom is 0.0367 e. The van der Waals surface area contributed by atoms with Crippen molar-refractivity contribution in [1.29, 1.82) is 0 Å². The van der Waals surface area contributed by atoms with E-state index in [0.717, 1.165) is 0 Å². The van der Waals surface area contributed by atoms with Crippen LogP contribution in [0.15, 0.2) is 24.3 Å². The fraction of sp³-hybridized carbons (Fsp3) is 0.625. The lowest BCUT2D eigenvalue weighted by Crippen LogP contribution is -2.30. The van der Waals surface area contributed by atoms with Gasteiger partial charge in [0.05, 0.1) is 0 Å². The summed E-state index contributed by atoms with van der Waals surface area (Å²) < 4.78 is 0. The second-order valence-electron chi connectivity index (χ2n) is 5.61. The molecule has 1 aromatic rings. The van der Waals surface area contributed by atoms with Gasteiger partial charge in [0.25, 0.3) is 0 Å². The van der Waals surface area contributed by atoms with Crippen LogP contribution in [-0.4, -0.2) is 26.2 Å². The Hall–Kier alpha value is -1.18. The molecule has 0 spiro atoms. The van der Waals surface area contributed by atoms with E-state index in [0.29, 0.717) is 0 Å². The molecule has 0 aliphatic carbocycles. The molecule has 2 nitrogen and oxygen atoms in total. The van der Waals surface area contributed by atoms with Gasteiger partial charge in [-0.2, -0.15) is 0 Å². The summed E-state index contributed by atoms with van der Waals surface area (Å²) >= 11 is 0. The minimum Gasteiger partial charge on any atom is -0.372 e. The van der Waals surface area contributed by atoms with E-state index in [1.807, 2.05) is 0 Å². The Morgan fingerprint density at radius 1 is 0.500 bits per heavy atom. The van der Waals surface area contributed by atoms with Crippen molar-refractivity contribution in [3.8, 4) is 0 Å². The number of benzene rings is 1. The predicted octanol–water partition coefficient (Wildman–Crippen LogP) is 3.67. The van der Waals surface area contributed by atoms with Gasteiger partial charge < -0.3 is 9.80 Å². The molecule has 2 heterocycles. The molecule has 0 radical (unpaired) electrons. The van der Waals surface area contributed by atoms with Gasteiger partial charge in [-0.25, -0.2) is 0 Å². The summed E-state index contributed by atoms with van der Waals surface area (Å²) in [6, 6.07) is 9.26. The van der Waals surface area contributed by atoms with Gasteiger partial charge in [-0.3, -0.25) is 0 Å². The minimum absolute atomic E-state index is 1.24.